The molecule has 1 aliphatic rings. The van der Waals surface area contributed by atoms with E-state index in [0.717, 1.165) is 20.8 Å². The molecule has 1 aliphatic heterocycles. The molecule has 0 bridgehead atoms. The molecule has 8 heteroatoms. The molecule has 1 atom stereocenters. The Bertz CT molecular complexity index is 1230. The third-order valence-corrected chi connectivity index (χ3v) is 6.27. The van der Waals surface area contributed by atoms with Gasteiger partial charge in [0.15, 0.2) is 0 Å². The first-order valence-electron chi connectivity index (χ1n) is 9.28. The highest BCUT2D eigenvalue weighted by Gasteiger charge is 2.41. The Morgan fingerprint density at radius 3 is 2.53 bits per heavy atom. The quantitative estimate of drug-likeness (QED) is 0.376. The molecule has 0 amide bonds. The van der Waals surface area contributed by atoms with Gasteiger partial charge in [0.1, 0.15) is 10.9 Å². The number of thiazole rings is 1. The standard InChI is InChI=1S/C22H19N3O4S/c1-12-17(22(26)29-3)18(19(25(27)28)13(2)23-12)15-10-7-11-16-20(15)30-21(24-16)14-8-5-4-6-9-14/h4-11,18,23H,1-3H3. The highest BCUT2D eigenvalue weighted by Crippen LogP contribution is 2.43. The van der Waals surface area contributed by atoms with Crippen LogP contribution >= 0.6 is 11.3 Å². The number of aromatic nitrogens is 1. The maximum atomic E-state index is 12.6. The van der Waals surface area contributed by atoms with Crippen molar-refractivity contribution in [2.75, 3.05) is 7.11 Å². The fourth-order valence-electron chi connectivity index (χ4n) is 3.81. The number of nitro groups is 1. The number of benzene rings is 2. The second-order valence-electron chi connectivity index (χ2n) is 6.94. The van der Waals surface area contributed by atoms with Gasteiger partial charge >= 0.3 is 5.97 Å². The van der Waals surface area contributed by atoms with E-state index in [0.29, 0.717) is 17.0 Å². The first kappa shape index (κ1) is 19.8. The van der Waals surface area contributed by atoms with Gasteiger partial charge in [-0.05, 0) is 25.5 Å². The lowest BCUT2D eigenvalue weighted by molar-refractivity contribution is -0.431. The Morgan fingerprint density at radius 2 is 1.87 bits per heavy atom. The molecule has 1 N–H and O–H groups in total. The van der Waals surface area contributed by atoms with Gasteiger partial charge in [0.25, 0.3) is 5.70 Å². The molecule has 2 heterocycles. The van der Waals surface area contributed by atoms with Crippen LogP contribution in [0.5, 0.6) is 0 Å². The number of allylic oxidation sites excluding steroid dienone is 3. The summed E-state index contributed by atoms with van der Waals surface area (Å²) in [6, 6.07) is 15.3. The van der Waals surface area contributed by atoms with E-state index in [1.165, 1.54) is 18.4 Å². The van der Waals surface area contributed by atoms with Gasteiger partial charge in [-0.3, -0.25) is 10.1 Å². The molecule has 0 radical (unpaired) electrons. The van der Waals surface area contributed by atoms with Crippen molar-refractivity contribution >= 4 is 27.5 Å². The van der Waals surface area contributed by atoms with Crippen molar-refractivity contribution in [2.45, 2.75) is 19.8 Å². The number of dihydropyridines is 1. The van der Waals surface area contributed by atoms with Crippen molar-refractivity contribution in [3.63, 3.8) is 0 Å². The summed E-state index contributed by atoms with van der Waals surface area (Å²) in [5, 5.41) is 15.8. The molecule has 0 aliphatic carbocycles. The summed E-state index contributed by atoms with van der Waals surface area (Å²) >= 11 is 1.46. The van der Waals surface area contributed by atoms with Crippen LogP contribution in [0.3, 0.4) is 0 Å². The molecule has 152 valence electrons. The summed E-state index contributed by atoms with van der Waals surface area (Å²) in [6.45, 7) is 3.37. The maximum Gasteiger partial charge on any atom is 0.336 e. The highest BCUT2D eigenvalue weighted by molar-refractivity contribution is 7.21. The zero-order valence-corrected chi connectivity index (χ0v) is 17.4. The van der Waals surface area contributed by atoms with Gasteiger partial charge in [-0.15, -0.1) is 11.3 Å². The van der Waals surface area contributed by atoms with Gasteiger partial charge in [0.2, 0.25) is 0 Å². The molecule has 2 aromatic carbocycles. The van der Waals surface area contributed by atoms with Crippen LogP contribution in [0.15, 0.2) is 71.2 Å². The van der Waals surface area contributed by atoms with Crippen LogP contribution in [0.4, 0.5) is 0 Å². The van der Waals surface area contributed by atoms with Crippen LogP contribution in [-0.2, 0) is 9.53 Å². The van der Waals surface area contributed by atoms with E-state index in [9.17, 15) is 14.9 Å². The second-order valence-corrected chi connectivity index (χ2v) is 7.94. The van der Waals surface area contributed by atoms with Crippen LogP contribution in [0.25, 0.3) is 20.8 Å². The number of nitrogens with one attached hydrogen (secondary N) is 1. The summed E-state index contributed by atoms with van der Waals surface area (Å²) in [5.41, 5.74) is 3.48. The Labute approximate surface area is 176 Å². The minimum Gasteiger partial charge on any atom is -0.466 e. The van der Waals surface area contributed by atoms with Crippen molar-refractivity contribution in [1.29, 1.82) is 0 Å². The van der Waals surface area contributed by atoms with Gasteiger partial charge in [-0.1, -0.05) is 42.5 Å². The van der Waals surface area contributed by atoms with E-state index in [2.05, 4.69) is 5.32 Å². The van der Waals surface area contributed by atoms with Crippen LogP contribution < -0.4 is 5.32 Å². The van der Waals surface area contributed by atoms with Crippen molar-refractivity contribution in [3.05, 3.63) is 86.9 Å². The number of rotatable bonds is 4. The Hall–Kier alpha value is -3.52. The summed E-state index contributed by atoms with van der Waals surface area (Å²) in [5.74, 6) is -1.46. The summed E-state index contributed by atoms with van der Waals surface area (Å²) in [6.07, 6.45) is 0. The number of methoxy groups -OCH3 is 1. The van der Waals surface area contributed by atoms with Crippen molar-refractivity contribution in [3.8, 4) is 10.6 Å². The predicted octanol–water partition coefficient (Wildman–Crippen LogP) is 4.61. The molecule has 0 spiro atoms. The predicted molar refractivity (Wildman–Crippen MR) is 115 cm³/mol. The summed E-state index contributed by atoms with van der Waals surface area (Å²) in [4.78, 5) is 28.9. The molecular formula is C22H19N3O4S. The lowest BCUT2D eigenvalue weighted by Crippen LogP contribution is -2.31. The number of fused-ring (bicyclic) bond motifs is 1. The van der Waals surface area contributed by atoms with E-state index in [-0.39, 0.29) is 11.3 Å². The molecule has 1 aromatic heterocycles. The Kier molecular flexibility index (Phi) is 5.09. The Balaban J connectivity index is 1.97. The molecule has 0 saturated carbocycles. The van der Waals surface area contributed by atoms with Crippen molar-refractivity contribution in [2.24, 2.45) is 0 Å². The third kappa shape index (κ3) is 3.25. The summed E-state index contributed by atoms with van der Waals surface area (Å²) in [7, 11) is 1.28. The third-order valence-electron chi connectivity index (χ3n) is 5.10. The molecule has 3 aromatic rings. The van der Waals surface area contributed by atoms with E-state index < -0.39 is 16.8 Å². The van der Waals surface area contributed by atoms with Gasteiger partial charge < -0.3 is 10.1 Å². The molecular weight excluding hydrogens is 402 g/mol. The molecule has 30 heavy (non-hydrogen) atoms. The number of hydrogen-bond donors (Lipinski definition) is 1. The van der Waals surface area contributed by atoms with Gasteiger partial charge in [-0.25, -0.2) is 9.78 Å². The van der Waals surface area contributed by atoms with Crippen LogP contribution in [-0.4, -0.2) is 23.0 Å². The molecule has 4 rings (SSSR count). The zero-order valence-electron chi connectivity index (χ0n) is 16.6. The molecule has 0 saturated heterocycles. The van der Waals surface area contributed by atoms with Crippen LogP contribution in [0.1, 0.15) is 25.3 Å². The number of carbonyl (C=O) groups excluding carboxylic acids is 1. The van der Waals surface area contributed by atoms with E-state index in [4.69, 9.17) is 9.72 Å². The average molecular weight is 421 g/mol. The minimum atomic E-state index is -0.860. The molecule has 1 unspecified atom stereocenters. The first-order chi connectivity index (χ1) is 14.4. The lowest BCUT2D eigenvalue weighted by atomic mass is 9.84. The fraction of sp³-hybridized carbons (Fsp3) is 0.182. The second kappa shape index (κ2) is 7.72. The van der Waals surface area contributed by atoms with E-state index >= 15 is 0 Å². The smallest absolute Gasteiger partial charge is 0.336 e. The maximum absolute atomic E-state index is 12.6. The van der Waals surface area contributed by atoms with Gasteiger partial charge in [0, 0.05) is 11.3 Å². The number of hydrogen-bond acceptors (Lipinski definition) is 7. The van der Waals surface area contributed by atoms with Crippen molar-refractivity contribution in [1.82, 2.24) is 10.3 Å². The molecule has 0 fully saturated rings. The number of esters is 1. The van der Waals surface area contributed by atoms with Gasteiger partial charge in [0.05, 0.1) is 33.5 Å². The van der Waals surface area contributed by atoms with E-state index in [1.807, 2.05) is 48.5 Å². The zero-order chi connectivity index (χ0) is 21.4. The van der Waals surface area contributed by atoms with Gasteiger partial charge in [-0.2, -0.15) is 0 Å². The SMILES string of the molecule is COC(=O)C1=C(C)NC(C)=C([N+](=O)[O-])C1c1cccc2nc(-c3ccccc3)sc12. The van der Waals surface area contributed by atoms with E-state index in [1.54, 1.807) is 13.8 Å². The lowest BCUT2D eigenvalue weighted by Gasteiger charge is -2.26. The van der Waals surface area contributed by atoms with Crippen LogP contribution in [0, 0.1) is 10.1 Å². The highest BCUT2D eigenvalue weighted by atomic mass is 32.1. The summed E-state index contributed by atoms with van der Waals surface area (Å²) < 4.78 is 5.78. The number of nitrogens with zero attached hydrogens (tertiary/aromatic N) is 2. The largest absolute Gasteiger partial charge is 0.466 e. The number of ether oxygens (including phenoxy) is 1. The minimum absolute atomic E-state index is 0.0665. The molecule has 7 nitrogen and oxygen atoms in total. The fourth-order valence-corrected chi connectivity index (χ4v) is 4.92. The average Bonchev–Trinajstić information content (AvgIpc) is 3.17. The number of carbonyl (C=O) groups is 1. The first-order valence-corrected chi connectivity index (χ1v) is 10.1. The Morgan fingerprint density at radius 1 is 1.13 bits per heavy atom. The van der Waals surface area contributed by atoms with Crippen molar-refractivity contribution < 1.29 is 14.5 Å². The van der Waals surface area contributed by atoms with Crippen LogP contribution in [0.2, 0.25) is 0 Å². The topological polar surface area (TPSA) is 94.4 Å². The monoisotopic (exact) mass is 421 g/mol. The normalized spacial score (nSPS) is 16.6.